The molecule has 0 amide bonds. The van der Waals surface area contributed by atoms with Crippen LogP contribution in [0.25, 0.3) is 5.53 Å². The number of nitrogens with zero attached hydrogens (tertiary/aromatic N) is 4. The predicted octanol–water partition coefficient (Wildman–Crippen LogP) is 5.85. The minimum atomic E-state index is -1.02. The van der Waals surface area contributed by atoms with Gasteiger partial charge in [0.25, 0.3) is 5.78 Å². The number of carbonyl (C=O) groups excluding carboxylic acids is 1. The van der Waals surface area contributed by atoms with E-state index in [1.54, 1.807) is 0 Å². The van der Waals surface area contributed by atoms with Crippen molar-refractivity contribution in [2.75, 3.05) is 36.0 Å². The highest BCUT2D eigenvalue weighted by molar-refractivity contribution is 6.52. The van der Waals surface area contributed by atoms with Gasteiger partial charge in [-0.25, -0.2) is 0 Å². The van der Waals surface area contributed by atoms with Gasteiger partial charge in [-0.1, -0.05) is 23.8 Å². The van der Waals surface area contributed by atoms with Crippen LogP contribution in [0.4, 0.5) is 11.4 Å². The Labute approximate surface area is 223 Å². The first-order valence-electron chi connectivity index (χ1n) is 13.9. The summed E-state index contributed by atoms with van der Waals surface area (Å²) in [7, 11) is 0. The molecule has 6 heteroatoms. The third-order valence-corrected chi connectivity index (χ3v) is 9.08. The van der Waals surface area contributed by atoms with Crippen molar-refractivity contribution in [1.29, 1.82) is 0 Å². The van der Waals surface area contributed by atoms with Crippen molar-refractivity contribution in [2.45, 2.75) is 51.9 Å². The molecule has 7 rings (SSSR count). The molecule has 0 unspecified atom stereocenters. The van der Waals surface area contributed by atoms with Gasteiger partial charge in [-0.05, 0) is 75.3 Å². The number of ketones is 1. The van der Waals surface area contributed by atoms with Gasteiger partial charge in [-0.15, -0.1) is 0 Å². The lowest BCUT2D eigenvalue weighted by molar-refractivity contribution is -0.0118. The number of carbonyl (C=O) groups is 1. The molecule has 6 nitrogen and oxygen atoms in total. The fourth-order valence-corrected chi connectivity index (χ4v) is 7.31. The van der Waals surface area contributed by atoms with E-state index in [9.17, 15) is 10.3 Å². The van der Waals surface area contributed by atoms with Crippen molar-refractivity contribution in [3.63, 3.8) is 0 Å². The third kappa shape index (κ3) is 2.92. The van der Waals surface area contributed by atoms with Crippen LogP contribution in [-0.4, -0.2) is 42.5 Å². The van der Waals surface area contributed by atoms with Gasteiger partial charge in [0.1, 0.15) is 11.5 Å². The Morgan fingerprint density at radius 1 is 0.868 bits per heavy atom. The molecule has 3 heterocycles. The topological polar surface area (TPSA) is 69.2 Å². The molecule has 0 aromatic heterocycles. The van der Waals surface area contributed by atoms with E-state index in [0.29, 0.717) is 5.56 Å². The molecule has 1 aliphatic carbocycles. The van der Waals surface area contributed by atoms with Crippen LogP contribution in [0.3, 0.4) is 0 Å². The molecule has 0 N–H and O–H groups in total. The number of anilines is 2. The molecule has 3 aromatic rings. The Hall–Kier alpha value is -3.89. The molecule has 3 aliphatic heterocycles. The van der Waals surface area contributed by atoms with E-state index in [1.165, 1.54) is 22.5 Å². The highest BCUT2D eigenvalue weighted by atomic mass is 16.5. The lowest BCUT2D eigenvalue weighted by Crippen LogP contribution is -2.41. The van der Waals surface area contributed by atoms with Crippen molar-refractivity contribution >= 4 is 22.9 Å². The van der Waals surface area contributed by atoms with Gasteiger partial charge in [-0.3, -0.25) is 4.79 Å². The van der Waals surface area contributed by atoms with Crippen LogP contribution in [0.2, 0.25) is 0 Å². The number of hydrogen-bond acceptors (Lipinski definition) is 4. The van der Waals surface area contributed by atoms with Crippen LogP contribution in [0.15, 0.2) is 42.5 Å². The highest BCUT2D eigenvalue weighted by Gasteiger charge is 2.62. The zero-order chi connectivity index (χ0) is 26.2. The molecule has 0 fully saturated rings. The van der Waals surface area contributed by atoms with Gasteiger partial charge in [0, 0.05) is 66.4 Å². The average Bonchev–Trinajstić information content (AvgIpc) is 3.18. The standard InChI is InChI=1S/C32H32N4O2/c1-4-35-12-6-8-20-15-24-28(17-26(20)35)38-29-18-27-21(9-7-13-36(27)5-2)16-25(29)32(24)23-14-19(3)10-11-22(23)30(37)31(32)34-33/h10-11,14-18H,4-9,12-13H2,1-3H3. The summed E-state index contributed by atoms with van der Waals surface area (Å²) >= 11 is 0. The number of Topliss-reactive ketones (excluding diaryl/α,β-unsaturated/α-hetero) is 1. The number of hydrogen-bond donors (Lipinski definition) is 0. The van der Waals surface area contributed by atoms with Crippen LogP contribution in [-0.2, 0) is 18.3 Å². The number of aryl methyl sites for hydroxylation is 3. The number of fused-ring (bicyclic) bond motifs is 8. The van der Waals surface area contributed by atoms with E-state index < -0.39 is 5.41 Å². The van der Waals surface area contributed by atoms with Gasteiger partial charge in [-0.2, -0.15) is 4.79 Å². The van der Waals surface area contributed by atoms with Gasteiger partial charge in [0.2, 0.25) is 0 Å². The fourth-order valence-electron chi connectivity index (χ4n) is 7.31. The first-order chi connectivity index (χ1) is 18.5. The second-order valence-electron chi connectivity index (χ2n) is 11.0. The van der Waals surface area contributed by atoms with E-state index in [-0.39, 0.29) is 11.5 Å². The first kappa shape index (κ1) is 23.2. The number of benzene rings is 3. The molecule has 192 valence electrons. The highest BCUT2D eigenvalue weighted by Crippen LogP contribution is 2.58. The molecule has 0 saturated heterocycles. The molecular weight excluding hydrogens is 472 g/mol. The molecule has 0 radical (unpaired) electrons. The molecular formula is C32H32N4O2. The smallest absolute Gasteiger partial charge is 0.358 e. The van der Waals surface area contributed by atoms with E-state index in [2.05, 4.69) is 58.8 Å². The van der Waals surface area contributed by atoms with Gasteiger partial charge in [0.05, 0.1) is 0 Å². The zero-order valence-electron chi connectivity index (χ0n) is 22.3. The van der Waals surface area contributed by atoms with Crippen LogP contribution < -0.4 is 14.5 Å². The fraction of sp³-hybridized carbons (Fsp3) is 0.375. The van der Waals surface area contributed by atoms with Crippen molar-refractivity contribution in [2.24, 2.45) is 0 Å². The van der Waals surface area contributed by atoms with E-state index >= 15 is 0 Å². The maximum Gasteiger partial charge on any atom is 0.358 e. The Morgan fingerprint density at radius 3 is 1.97 bits per heavy atom. The summed E-state index contributed by atoms with van der Waals surface area (Å²) in [6, 6.07) is 14.7. The van der Waals surface area contributed by atoms with E-state index in [0.717, 1.165) is 85.6 Å². The van der Waals surface area contributed by atoms with Crippen LogP contribution in [0.1, 0.15) is 70.4 Å². The summed E-state index contributed by atoms with van der Waals surface area (Å²) in [6.07, 6.45) is 4.11. The Kier molecular flexibility index (Phi) is 5.08. The Balaban J connectivity index is 1.60. The van der Waals surface area contributed by atoms with Crippen LogP contribution in [0.5, 0.6) is 11.5 Å². The quantitative estimate of drug-likeness (QED) is 0.324. The second kappa shape index (κ2) is 8.31. The number of ether oxygens (including phenoxy) is 1. The Bertz CT molecular complexity index is 1510. The lowest BCUT2D eigenvalue weighted by Gasteiger charge is -2.39. The SMILES string of the molecule is CCN1CCCc2cc3c(cc21)Oc1cc2c(cc1C31C(=[N+]=[N-])C(=O)c3ccc(C)cc31)CCCN2CC. The summed E-state index contributed by atoms with van der Waals surface area (Å²) in [5.74, 6) is 1.25. The maximum atomic E-state index is 13.9. The van der Waals surface area contributed by atoms with Crippen LogP contribution >= 0.6 is 0 Å². The molecule has 0 bridgehead atoms. The molecule has 0 atom stereocenters. The lowest BCUT2D eigenvalue weighted by atomic mass is 9.66. The van der Waals surface area contributed by atoms with Crippen molar-refractivity contribution < 1.29 is 14.3 Å². The first-order valence-corrected chi connectivity index (χ1v) is 13.9. The normalized spacial score (nSPS) is 18.3. The van der Waals surface area contributed by atoms with Crippen molar-refractivity contribution in [1.82, 2.24) is 0 Å². The summed E-state index contributed by atoms with van der Waals surface area (Å²) in [6.45, 7) is 10.3. The van der Waals surface area contributed by atoms with Gasteiger partial charge < -0.3 is 20.1 Å². The summed E-state index contributed by atoms with van der Waals surface area (Å²) in [4.78, 5) is 22.4. The van der Waals surface area contributed by atoms with E-state index in [1.807, 2.05) is 19.1 Å². The minimum Gasteiger partial charge on any atom is -0.457 e. The maximum absolute atomic E-state index is 13.9. The van der Waals surface area contributed by atoms with E-state index in [4.69, 9.17) is 4.74 Å². The summed E-state index contributed by atoms with van der Waals surface area (Å²) in [5, 5.41) is 0. The minimum absolute atomic E-state index is 0.162. The number of rotatable bonds is 2. The van der Waals surface area contributed by atoms with Crippen molar-refractivity contribution in [3.8, 4) is 11.5 Å². The summed E-state index contributed by atoms with van der Waals surface area (Å²) < 4.78 is 6.75. The predicted molar refractivity (Wildman–Crippen MR) is 149 cm³/mol. The monoisotopic (exact) mass is 504 g/mol. The van der Waals surface area contributed by atoms with Gasteiger partial charge >= 0.3 is 5.71 Å². The third-order valence-electron chi connectivity index (χ3n) is 9.08. The summed E-state index contributed by atoms with van der Waals surface area (Å²) in [5.41, 5.74) is 18.9. The average molecular weight is 505 g/mol. The Morgan fingerprint density at radius 2 is 1.45 bits per heavy atom. The second-order valence-corrected chi connectivity index (χ2v) is 11.0. The molecule has 4 aliphatic rings. The molecule has 1 spiro atoms. The zero-order valence-corrected chi connectivity index (χ0v) is 22.3. The molecule has 38 heavy (non-hydrogen) atoms. The molecule has 3 aromatic carbocycles. The van der Waals surface area contributed by atoms with Crippen molar-refractivity contribution in [3.05, 3.63) is 86.9 Å². The molecule has 0 saturated carbocycles. The van der Waals surface area contributed by atoms with Gasteiger partial charge in [0.15, 0.2) is 5.41 Å². The largest absolute Gasteiger partial charge is 0.457 e. The van der Waals surface area contributed by atoms with Crippen LogP contribution in [0, 0.1) is 6.92 Å².